The summed E-state index contributed by atoms with van der Waals surface area (Å²) in [5.74, 6) is 0.316. The second kappa shape index (κ2) is 7.54. The smallest absolute Gasteiger partial charge is 0.269 e. The molecular weight excluding hydrogens is 368 g/mol. The van der Waals surface area contributed by atoms with Crippen molar-refractivity contribution in [3.8, 4) is 5.75 Å². The minimum atomic E-state index is -4.01. The number of halogens is 1. The van der Waals surface area contributed by atoms with Crippen LogP contribution in [0.2, 0.25) is 5.02 Å². The topological polar surface area (TPSA) is 89.8 Å². The van der Waals surface area contributed by atoms with Gasteiger partial charge in [-0.2, -0.15) is 0 Å². The Morgan fingerprint density at radius 3 is 2.44 bits per heavy atom. The highest BCUT2D eigenvalue weighted by Crippen LogP contribution is 2.35. The van der Waals surface area contributed by atoms with Gasteiger partial charge in [-0.15, -0.1) is 6.58 Å². The summed E-state index contributed by atoms with van der Waals surface area (Å²) in [4.78, 5) is 10.0. The monoisotopic (exact) mass is 382 g/mol. The second-order valence-electron chi connectivity index (χ2n) is 4.89. The molecule has 0 bridgehead atoms. The molecule has 2 aromatic rings. The predicted molar refractivity (Wildman–Crippen MR) is 95.8 cm³/mol. The van der Waals surface area contributed by atoms with Crippen LogP contribution in [0.4, 0.5) is 11.4 Å². The molecule has 0 aliphatic rings. The Morgan fingerprint density at radius 2 is 1.92 bits per heavy atom. The SMILES string of the molecule is C=CCN(c1cc(Cl)ccc1OC)S(=O)(=O)c1ccc([N+](=O)[O-])cc1. The van der Waals surface area contributed by atoms with Gasteiger partial charge in [-0.25, -0.2) is 8.42 Å². The van der Waals surface area contributed by atoms with Crippen LogP contribution in [0.3, 0.4) is 0 Å². The Bertz CT molecular complexity index is 897. The van der Waals surface area contributed by atoms with Crippen LogP contribution >= 0.6 is 11.6 Å². The van der Waals surface area contributed by atoms with E-state index in [1.807, 2.05) is 0 Å². The summed E-state index contributed by atoms with van der Waals surface area (Å²) >= 11 is 5.99. The second-order valence-corrected chi connectivity index (χ2v) is 7.19. The Morgan fingerprint density at radius 1 is 1.28 bits per heavy atom. The standard InChI is InChI=1S/C16H15ClN2O5S/c1-3-10-18(15-11-12(17)4-9-16(15)24-2)25(22,23)14-7-5-13(6-8-14)19(20)21/h3-9,11H,1,10H2,2H3. The van der Waals surface area contributed by atoms with Gasteiger partial charge >= 0.3 is 0 Å². The summed E-state index contributed by atoms with van der Waals surface area (Å²) in [6, 6.07) is 9.23. The van der Waals surface area contributed by atoms with Gasteiger partial charge in [0.2, 0.25) is 0 Å². The Kier molecular flexibility index (Phi) is 5.66. The highest BCUT2D eigenvalue weighted by Gasteiger charge is 2.27. The first kappa shape index (κ1) is 18.8. The van der Waals surface area contributed by atoms with Crippen molar-refractivity contribution in [1.29, 1.82) is 0 Å². The largest absolute Gasteiger partial charge is 0.495 e. The number of sulfonamides is 1. The zero-order valence-electron chi connectivity index (χ0n) is 13.3. The number of hydrogen-bond donors (Lipinski definition) is 0. The average molecular weight is 383 g/mol. The molecule has 7 nitrogen and oxygen atoms in total. The normalized spacial score (nSPS) is 11.0. The lowest BCUT2D eigenvalue weighted by Crippen LogP contribution is -2.31. The fraction of sp³-hybridized carbons (Fsp3) is 0.125. The molecule has 0 saturated heterocycles. The number of non-ortho nitro benzene ring substituents is 1. The van der Waals surface area contributed by atoms with E-state index in [0.29, 0.717) is 10.8 Å². The fourth-order valence-corrected chi connectivity index (χ4v) is 3.77. The molecule has 0 spiro atoms. The number of benzene rings is 2. The molecule has 0 aliphatic carbocycles. The minimum Gasteiger partial charge on any atom is -0.495 e. The number of nitrogens with zero attached hydrogens (tertiary/aromatic N) is 2. The van der Waals surface area contributed by atoms with E-state index < -0.39 is 14.9 Å². The van der Waals surface area contributed by atoms with Crippen molar-refractivity contribution >= 4 is 33.0 Å². The van der Waals surface area contributed by atoms with Gasteiger partial charge in [0.05, 0.1) is 29.2 Å². The molecular formula is C16H15ClN2O5S. The van der Waals surface area contributed by atoms with E-state index in [0.717, 1.165) is 16.4 Å². The third-order valence-electron chi connectivity index (χ3n) is 3.34. The quantitative estimate of drug-likeness (QED) is 0.414. The average Bonchev–Trinajstić information content (AvgIpc) is 2.59. The van der Waals surface area contributed by atoms with Crippen molar-refractivity contribution in [2.75, 3.05) is 18.0 Å². The number of rotatable bonds is 7. The Labute approximate surface area is 150 Å². The summed E-state index contributed by atoms with van der Waals surface area (Å²) in [6.45, 7) is 3.55. The molecule has 132 valence electrons. The van der Waals surface area contributed by atoms with Gasteiger partial charge in [0.25, 0.3) is 15.7 Å². The van der Waals surface area contributed by atoms with Gasteiger partial charge in [-0.3, -0.25) is 14.4 Å². The first-order valence-corrected chi connectivity index (χ1v) is 8.84. The van der Waals surface area contributed by atoms with E-state index in [1.165, 1.54) is 31.4 Å². The number of ether oxygens (including phenoxy) is 1. The maximum atomic E-state index is 13.0. The molecule has 0 N–H and O–H groups in total. The van der Waals surface area contributed by atoms with Crippen molar-refractivity contribution in [2.45, 2.75) is 4.90 Å². The molecule has 2 rings (SSSR count). The maximum absolute atomic E-state index is 13.0. The Hall–Kier alpha value is -2.58. The fourth-order valence-electron chi connectivity index (χ4n) is 2.17. The van der Waals surface area contributed by atoms with E-state index in [2.05, 4.69) is 6.58 Å². The molecule has 0 unspecified atom stereocenters. The lowest BCUT2D eigenvalue weighted by atomic mass is 10.3. The number of anilines is 1. The van der Waals surface area contributed by atoms with Gasteiger partial charge in [0.15, 0.2) is 0 Å². The van der Waals surface area contributed by atoms with Crippen LogP contribution < -0.4 is 9.04 Å². The molecule has 25 heavy (non-hydrogen) atoms. The van der Waals surface area contributed by atoms with Crippen LogP contribution in [0.5, 0.6) is 5.75 Å². The lowest BCUT2D eigenvalue weighted by molar-refractivity contribution is -0.384. The maximum Gasteiger partial charge on any atom is 0.269 e. The van der Waals surface area contributed by atoms with E-state index in [9.17, 15) is 18.5 Å². The van der Waals surface area contributed by atoms with E-state index >= 15 is 0 Å². The molecule has 0 aromatic heterocycles. The molecule has 0 amide bonds. The molecule has 0 atom stereocenters. The van der Waals surface area contributed by atoms with Crippen LogP contribution in [0.1, 0.15) is 0 Å². The number of nitro benzene ring substituents is 1. The molecule has 0 radical (unpaired) electrons. The zero-order valence-corrected chi connectivity index (χ0v) is 14.8. The van der Waals surface area contributed by atoms with Crippen molar-refractivity contribution in [2.24, 2.45) is 0 Å². The third kappa shape index (κ3) is 3.92. The first-order valence-electron chi connectivity index (χ1n) is 7.03. The number of methoxy groups -OCH3 is 1. The van der Waals surface area contributed by atoms with Crippen LogP contribution in [0.15, 0.2) is 60.0 Å². The molecule has 0 heterocycles. The van der Waals surface area contributed by atoms with Gasteiger partial charge in [0, 0.05) is 17.2 Å². The summed E-state index contributed by atoms with van der Waals surface area (Å²) in [7, 11) is -2.59. The molecule has 0 fully saturated rings. The highest BCUT2D eigenvalue weighted by molar-refractivity contribution is 7.92. The van der Waals surface area contributed by atoms with E-state index in [1.54, 1.807) is 12.1 Å². The minimum absolute atomic E-state index is 0.0317. The van der Waals surface area contributed by atoms with Gasteiger partial charge < -0.3 is 4.74 Å². The molecule has 0 aliphatic heterocycles. The molecule has 0 saturated carbocycles. The van der Waals surface area contributed by atoms with Crippen LogP contribution in [0, 0.1) is 10.1 Å². The van der Waals surface area contributed by atoms with Crippen molar-refractivity contribution in [3.05, 3.63) is 70.3 Å². The number of nitro groups is 1. The predicted octanol–water partition coefficient (Wildman–Crippen LogP) is 3.64. The van der Waals surface area contributed by atoms with Crippen LogP contribution in [0.25, 0.3) is 0 Å². The summed E-state index contributed by atoms with van der Waals surface area (Å²) in [5, 5.41) is 11.1. The van der Waals surface area contributed by atoms with E-state index in [-0.39, 0.29) is 22.8 Å². The zero-order chi connectivity index (χ0) is 18.6. The first-order chi connectivity index (χ1) is 11.8. The number of hydrogen-bond acceptors (Lipinski definition) is 5. The summed E-state index contributed by atoms with van der Waals surface area (Å²) in [5.41, 5.74) is 0.0443. The molecule has 9 heteroatoms. The van der Waals surface area contributed by atoms with Crippen molar-refractivity contribution in [1.82, 2.24) is 0 Å². The van der Waals surface area contributed by atoms with Crippen LogP contribution in [-0.2, 0) is 10.0 Å². The third-order valence-corrected chi connectivity index (χ3v) is 5.37. The molecule has 2 aromatic carbocycles. The van der Waals surface area contributed by atoms with Gasteiger partial charge in [-0.1, -0.05) is 17.7 Å². The highest BCUT2D eigenvalue weighted by atomic mass is 35.5. The lowest BCUT2D eigenvalue weighted by Gasteiger charge is -2.25. The van der Waals surface area contributed by atoms with Crippen molar-refractivity contribution < 1.29 is 18.1 Å². The Balaban J connectivity index is 2.57. The van der Waals surface area contributed by atoms with Crippen molar-refractivity contribution in [3.63, 3.8) is 0 Å². The summed E-state index contributed by atoms with van der Waals surface area (Å²) < 4.78 is 32.3. The van der Waals surface area contributed by atoms with E-state index in [4.69, 9.17) is 16.3 Å². The van der Waals surface area contributed by atoms with Gasteiger partial charge in [-0.05, 0) is 30.3 Å². The summed E-state index contributed by atoms with van der Waals surface area (Å²) in [6.07, 6.45) is 1.42. The van der Waals surface area contributed by atoms with Crippen LogP contribution in [-0.4, -0.2) is 27.0 Å². The van der Waals surface area contributed by atoms with Gasteiger partial charge in [0.1, 0.15) is 5.75 Å².